The number of hydrogen-bond donors (Lipinski definition) is 1. The third kappa shape index (κ3) is 2.38. The van der Waals surface area contributed by atoms with Crippen molar-refractivity contribution in [3.63, 3.8) is 0 Å². The van der Waals surface area contributed by atoms with Crippen LogP contribution >= 0.6 is 27.7 Å². The van der Waals surface area contributed by atoms with Crippen LogP contribution in [0.15, 0.2) is 50.9 Å². The van der Waals surface area contributed by atoms with Crippen molar-refractivity contribution in [2.75, 3.05) is 6.26 Å². The fourth-order valence-electron chi connectivity index (χ4n) is 2.64. The number of hydrogen-bond acceptors (Lipinski definition) is 3. The van der Waals surface area contributed by atoms with E-state index < -0.39 is 0 Å². The van der Waals surface area contributed by atoms with Crippen LogP contribution in [0.5, 0.6) is 0 Å². The molecule has 20 heavy (non-hydrogen) atoms. The number of fused-ring (bicyclic) bond motifs is 2. The number of oxime groups is 1. The molecular formula is C16H14BrNOS. The lowest BCUT2D eigenvalue weighted by Crippen LogP contribution is -2.06. The lowest BCUT2D eigenvalue weighted by atomic mass is 9.98. The Balaban J connectivity index is 2.21. The van der Waals surface area contributed by atoms with Gasteiger partial charge in [-0.2, -0.15) is 0 Å². The van der Waals surface area contributed by atoms with Crippen LogP contribution in [0.1, 0.15) is 22.3 Å². The average molecular weight is 348 g/mol. The predicted molar refractivity (Wildman–Crippen MR) is 87.2 cm³/mol. The molecule has 2 aromatic carbocycles. The maximum Gasteiger partial charge on any atom is 0.117 e. The van der Waals surface area contributed by atoms with Crippen molar-refractivity contribution in [1.82, 2.24) is 0 Å². The van der Waals surface area contributed by atoms with Gasteiger partial charge in [0.15, 0.2) is 0 Å². The van der Waals surface area contributed by atoms with E-state index in [1.165, 1.54) is 16.0 Å². The second-order valence-electron chi connectivity index (χ2n) is 4.77. The Bertz CT molecular complexity index is 697. The van der Waals surface area contributed by atoms with Crippen LogP contribution < -0.4 is 0 Å². The van der Waals surface area contributed by atoms with E-state index in [-0.39, 0.29) is 0 Å². The van der Waals surface area contributed by atoms with E-state index in [0.717, 1.165) is 28.4 Å². The van der Waals surface area contributed by atoms with Gasteiger partial charge in [0.2, 0.25) is 0 Å². The van der Waals surface area contributed by atoms with E-state index in [9.17, 15) is 5.21 Å². The summed E-state index contributed by atoms with van der Waals surface area (Å²) in [6, 6.07) is 12.5. The number of thioether (sulfide) groups is 1. The summed E-state index contributed by atoms with van der Waals surface area (Å²) in [7, 11) is 0. The molecule has 2 aromatic rings. The molecule has 0 bridgehead atoms. The molecule has 0 fully saturated rings. The van der Waals surface area contributed by atoms with E-state index in [1.807, 2.05) is 12.1 Å². The molecule has 3 rings (SSSR count). The van der Waals surface area contributed by atoms with Gasteiger partial charge >= 0.3 is 0 Å². The minimum Gasteiger partial charge on any atom is -0.410 e. The Morgan fingerprint density at radius 3 is 2.60 bits per heavy atom. The third-order valence-electron chi connectivity index (χ3n) is 3.66. The van der Waals surface area contributed by atoms with Gasteiger partial charge in [0, 0.05) is 20.5 Å². The quantitative estimate of drug-likeness (QED) is 0.468. The minimum atomic E-state index is 0.668. The fourth-order valence-corrected chi connectivity index (χ4v) is 3.47. The van der Waals surface area contributed by atoms with E-state index >= 15 is 0 Å². The summed E-state index contributed by atoms with van der Waals surface area (Å²) in [6.07, 6.45) is 4.01. The minimum absolute atomic E-state index is 0.668. The van der Waals surface area contributed by atoms with Gasteiger partial charge in [-0.25, -0.2) is 0 Å². The van der Waals surface area contributed by atoms with Gasteiger partial charge in [-0.1, -0.05) is 33.2 Å². The average Bonchev–Trinajstić information content (AvgIpc) is 2.62. The van der Waals surface area contributed by atoms with Crippen LogP contribution in [0.4, 0.5) is 0 Å². The van der Waals surface area contributed by atoms with Crippen LogP contribution in [-0.4, -0.2) is 17.2 Å². The van der Waals surface area contributed by atoms with Gasteiger partial charge in [-0.15, -0.1) is 11.8 Å². The van der Waals surface area contributed by atoms with Crippen LogP contribution in [0.25, 0.3) is 0 Å². The fraction of sp³-hybridized carbons (Fsp3) is 0.188. The zero-order valence-electron chi connectivity index (χ0n) is 11.1. The molecular weight excluding hydrogens is 334 g/mol. The Labute approximate surface area is 131 Å². The highest BCUT2D eigenvalue weighted by atomic mass is 79.9. The normalized spacial score (nSPS) is 15.6. The highest BCUT2D eigenvalue weighted by molar-refractivity contribution is 9.10. The Morgan fingerprint density at radius 1 is 1.05 bits per heavy atom. The van der Waals surface area contributed by atoms with Gasteiger partial charge in [-0.05, 0) is 54.5 Å². The van der Waals surface area contributed by atoms with Crippen LogP contribution in [0, 0.1) is 0 Å². The molecule has 0 spiro atoms. The standard InChI is InChI=1S/C16H14BrNOS/c1-20-13-6-7-14-11(8-13)3-2-10-4-5-12(17)9-15(10)16(14)18-19/h4-9,19H,2-3H2,1H3/b18-16+. The summed E-state index contributed by atoms with van der Waals surface area (Å²) in [6.45, 7) is 0. The maximum atomic E-state index is 9.49. The highest BCUT2D eigenvalue weighted by Gasteiger charge is 2.20. The Kier molecular flexibility index (Phi) is 3.85. The first-order chi connectivity index (χ1) is 9.72. The largest absolute Gasteiger partial charge is 0.410 e. The molecule has 1 aliphatic rings. The molecule has 0 unspecified atom stereocenters. The lowest BCUT2D eigenvalue weighted by Gasteiger charge is -2.10. The van der Waals surface area contributed by atoms with E-state index in [0.29, 0.717) is 5.71 Å². The van der Waals surface area contributed by atoms with E-state index in [1.54, 1.807) is 11.8 Å². The first-order valence-corrected chi connectivity index (χ1v) is 8.43. The van der Waals surface area contributed by atoms with Crippen molar-refractivity contribution in [2.45, 2.75) is 17.7 Å². The topological polar surface area (TPSA) is 32.6 Å². The van der Waals surface area contributed by atoms with Gasteiger partial charge in [-0.3, -0.25) is 0 Å². The lowest BCUT2D eigenvalue weighted by molar-refractivity contribution is 0.319. The summed E-state index contributed by atoms with van der Waals surface area (Å²) in [5, 5.41) is 13.1. The summed E-state index contributed by atoms with van der Waals surface area (Å²) < 4.78 is 1.00. The molecule has 0 aliphatic heterocycles. The molecule has 0 saturated carbocycles. The SMILES string of the molecule is CSc1ccc2c(c1)CCc1ccc(Br)cc1/C2=N/O. The Morgan fingerprint density at radius 2 is 1.85 bits per heavy atom. The summed E-state index contributed by atoms with van der Waals surface area (Å²) in [4.78, 5) is 1.24. The number of benzene rings is 2. The van der Waals surface area contributed by atoms with Crippen LogP contribution in [0.2, 0.25) is 0 Å². The monoisotopic (exact) mass is 347 g/mol. The molecule has 102 valence electrons. The van der Waals surface area contributed by atoms with Gasteiger partial charge in [0.1, 0.15) is 5.71 Å². The van der Waals surface area contributed by atoms with Crippen molar-refractivity contribution < 1.29 is 5.21 Å². The van der Waals surface area contributed by atoms with Crippen molar-refractivity contribution in [2.24, 2.45) is 5.16 Å². The summed E-state index contributed by atoms with van der Waals surface area (Å²) >= 11 is 5.23. The van der Waals surface area contributed by atoms with Crippen molar-refractivity contribution >= 4 is 33.4 Å². The Hall–Kier alpha value is -1.26. The van der Waals surface area contributed by atoms with Crippen molar-refractivity contribution in [3.05, 3.63) is 63.1 Å². The molecule has 4 heteroatoms. The zero-order chi connectivity index (χ0) is 14.1. The van der Waals surface area contributed by atoms with Gasteiger partial charge < -0.3 is 5.21 Å². The molecule has 0 radical (unpaired) electrons. The summed E-state index contributed by atoms with van der Waals surface area (Å²) in [5.41, 5.74) is 5.18. The van der Waals surface area contributed by atoms with Crippen molar-refractivity contribution in [1.29, 1.82) is 0 Å². The third-order valence-corrected chi connectivity index (χ3v) is 4.88. The zero-order valence-corrected chi connectivity index (χ0v) is 13.5. The van der Waals surface area contributed by atoms with Gasteiger partial charge in [0.05, 0.1) is 0 Å². The first kappa shape index (κ1) is 13.7. The highest BCUT2D eigenvalue weighted by Crippen LogP contribution is 2.29. The molecule has 1 N–H and O–H groups in total. The first-order valence-electron chi connectivity index (χ1n) is 6.41. The summed E-state index contributed by atoms with van der Waals surface area (Å²) in [5.74, 6) is 0. The van der Waals surface area contributed by atoms with E-state index in [2.05, 4.69) is 51.6 Å². The van der Waals surface area contributed by atoms with Crippen LogP contribution in [-0.2, 0) is 12.8 Å². The number of halogens is 1. The molecule has 0 aromatic heterocycles. The van der Waals surface area contributed by atoms with Crippen LogP contribution in [0.3, 0.4) is 0 Å². The second kappa shape index (κ2) is 5.62. The van der Waals surface area contributed by atoms with Crippen molar-refractivity contribution in [3.8, 4) is 0 Å². The van der Waals surface area contributed by atoms with E-state index in [4.69, 9.17) is 0 Å². The molecule has 0 heterocycles. The maximum absolute atomic E-state index is 9.49. The molecule has 2 nitrogen and oxygen atoms in total. The second-order valence-corrected chi connectivity index (χ2v) is 6.57. The van der Waals surface area contributed by atoms with Gasteiger partial charge in [0.25, 0.3) is 0 Å². The predicted octanol–water partition coefficient (Wildman–Crippen LogP) is 4.50. The molecule has 0 saturated heterocycles. The molecule has 0 atom stereocenters. The molecule has 1 aliphatic carbocycles. The number of aryl methyl sites for hydroxylation is 2. The number of nitrogens with zero attached hydrogens (tertiary/aromatic N) is 1. The number of rotatable bonds is 1. The molecule has 0 amide bonds. The smallest absolute Gasteiger partial charge is 0.117 e.